The lowest BCUT2D eigenvalue weighted by molar-refractivity contribution is 0.354. The van der Waals surface area contributed by atoms with Gasteiger partial charge < -0.3 is 25.0 Å². The zero-order chi connectivity index (χ0) is 18.9. The smallest absolute Gasteiger partial charge is 0.161 e. The van der Waals surface area contributed by atoms with E-state index in [4.69, 9.17) is 9.47 Å². The first-order chi connectivity index (χ1) is 12.5. The van der Waals surface area contributed by atoms with Gasteiger partial charge >= 0.3 is 0 Å². The fourth-order valence-electron chi connectivity index (χ4n) is 2.54. The van der Waals surface area contributed by atoms with E-state index in [2.05, 4.69) is 39.6 Å². The van der Waals surface area contributed by atoms with E-state index in [0.29, 0.717) is 12.3 Å². The molecular weight excluding hydrogens is 330 g/mol. The number of ether oxygens (including phenoxy) is 2. The number of anilines is 2. The van der Waals surface area contributed by atoms with E-state index >= 15 is 0 Å². The minimum Gasteiger partial charge on any atom is -0.493 e. The van der Waals surface area contributed by atoms with E-state index in [9.17, 15) is 0 Å². The first-order valence-corrected chi connectivity index (χ1v) is 8.71. The molecule has 1 heterocycles. The summed E-state index contributed by atoms with van der Waals surface area (Å²) in [5, 5.41) is 6.70. The van der Waals surface area contributed by atoms with Gasteiger partial charge in [-0.05, 0) is 51.7 Å². The summed E-state index contributed by atoms with van der Waals surface area (Å²) in [6.07, 6.45) is 1.06. The standard InChI is InChI=1S/C19H29N5O2/c1-14-22-18(20-9-6-10-24(2)3)12-19(23-14)21-13-15-7-8-16(25-4)17(11-15)26-5/h7-8,11-12H,6,9-10,13H2,1-5H3,(H2,20,21,22,23). The van der Waals surface area contributed by atoms with Crippen LogP contribution in [0.2, 0.25) is 0 Å². The van der Waals surface area contributed by atoms with Crippen molar-refractivity contribution in [2.24, 2.45) is 0 Å². The van der Waals surface area contributed by atoms with E-state index in [-0.39, 0.29) is 0 Å². The molecule has 0 unspecified atom stereocenters. The SMILES string of the molecule is COc1ccc(CNc2cc(NCCCN(C)C)nc(C)n2)cc1OC. The third kappa shape index (κ3) is 6.07. The number of methoxy groups -OCH3 is 2. The number of rotatable bonds is 10. The van der Waals surface area contributed by atoms with Gasteiger partial charge in [0.15, 0.2) is 11.5 Å². The second kappa shape index (κ2) is 9.82. The minimum atomic E-state index is 0.636. The molecule has 142 valence electrons. The summed E-state index contributed by atoms with van der Waals surface area (Å²) in [5.41, 5.74) is 1.08. The summed E-state index contributed by atoms with van der Waals surface area (Å²) in [6, 6.07) is 7.80. The third-order valence-electron chi connectivity index (χ3n) is 3.85. The van der Waals surface area contributed by atoms with Crippen LogP contribution in [0.25, 0.3) is 0 Å². The zero-order valence-electron chi connectivity index (χ0n) is 16.3. The average molecular weight is 359 g/mol. The van der Waals surface area contributed by atoms with Crippen LogP contribution in [0.4, 0.5) is 11.6 Å². The van der Waals surface area contributed by atoms with Gasteiger partial charge in [-0.3, -0.25) is 0 Å². The topological polar surface area (TPSA) is 71.5 Å². The molecule has 2 rings (SSSR count). The van der Waals surface area contributed by atoms with Crippen molar-refractivity contribution in [2.75, 3.05) is 52.0 Å². The number of hydrogen-bond donors (Lipinski definition) is 2. The van der Waals surface area contributed by atoms with E-state index in [1.807, 2.05) is 31.2 Å². The lowest BCUT2D eigenvalue weighted by atomic mass is 10.2. The molecule has 1 aromatic carbocycles. The molecule has 0 aliphatic heterocycles. The van der Waals surface area contributed by atoms with Crippen LogP contribution in [0, 0.1) is 6.92 Å². The van der Waals surface area contributed by atoms with Crippen LogP contribution in [-0.2, 0) is 6.54 Å². The van der Waals surface area contributed by atoms with E-state index in [1.54, 1.807) is 14.2 Å². The van der Waals surface area contributed by atoms with Crippen molar-refractivity contribution < 1.29 is 9.47 Å². The van der Waals surface area contributed by atoms with Crippen molar-refractivity contribution in [1.82, 2.24) is 14.9 Å². The first-order valence-electron chi connectivity index (χ1n) is 8.71. The fraction of sp³-hybridized carbons (Fsp3) is 0.474. The van der Waals surface area contributed by atoms with Crippen molar-refractivity contribution >= 4 is 11.6 Å². The van der Waals surface area contributed by atoms with Gasteiger partial charge in [-0.15, -0.1) is 0 Å². The van der Waals surface area contributed by atoms with Gasteiger partial charge in [-0.2, -0.15) is 0 Å². The van der Waals surface area contributed by atoms with Gasteiger partial charge in [0.1, 0.15) is 17.5 Å². The molecule has 0 amide bonds. The number of benzene rings is 1. The second-order valence-electron chi connectivity index (χ2n) is 6.31. The van der Waals surface area contributed by atoms with Gasteiger partial charge in [0.05, 0.1) is 14.2 Å². The molecule has 0 radical (unpaired) electrons. The Morgan fingerprint density at radius 2 is 1.65 bits per heavy atom. The molecule has 0 spiro atoms. The maximum atomic E-state index is 5.35. The number of nitrogens with one attached hydrogen (secondary N) is 2. The molecule has 0 fully saturated rings. The Bertz CT molecular complexity index is 706. The Morgan fingerprint density at radius 3 is 2.31 bits per heavy atom. The number of aryl methyl sites for hydroxylation is 1. The molecule has 0 bridgehead atoms. The third-order valence-corrected chi connectivity index (χ3v) is 3.85. The number of nitrogens with zero attached hydrogens (tertiary/aromatic N) is 3. The molecule has 7 nitrogen and oxygen atoms in total. The van der Waals surface area contributed by atoms with Crippen LogP contribution in [0.1, 0.15) is 17.8 Å². The van der Waals surface area contributed by atoms with E-state index < -0.39 is 0 Å². The molecular formula is C19H29N5O2. The highest BCUT2D eigenvalue weighted by atomic mass is 16.5. The van der Waals surface area contributed by atoms with Gasteiger partial charge in [0, 0.05) is 19.2 Å². The Kier molecular flexibility index (Phi) is 7.47. The van der Waals surface area contributed by atoms with E-state index in [1.165, 1.54) is 0 Å². The average Bonchev–Trinajstić information content (AvgIpc) is 2.62. The van der Waals surface area contributed by atoms with Gasteiger partial charge in [-0.25, -0.2) is 9.97 Å². The van der Waals surface area contributed by atoms with Crippen LogP contribution in [0.5, 0.6) is 11.5 Å². The summed E-state index contributed by atoms with van der Waals surface area (Å²) < 4.78 is 10.6. The van der Waals surface area contributed by atoms with Crippen molar-refractivity contribution in [2.45, 2.75) is 19.9 Å². The van der Waals surface area contributed by atoms with Crippen LogP contribution in [0.15, 0.2) is 24.3 Å². The highest BCUT2D eigenvalue weighted by Gasteiger charge is 2.06. The minimum absolute atomic E-state index is 0.636. The Morgan fingerprint density at radius 1 is 0.962 bits per heavy atom. The molecule has 0 saturated carbocycles. The molecule has 0 aliphatic carbocycles. The maximum Gasteiger partial charge on any atom is 0.161 e. The summed E-state index contributed by atoms with van der Waals surface area (Å²) in [7, 11) is 7.42. The highest BCUT2D eigenvalue weighted by Crippen LogP contribution is 2.27. The van der Waals surface area contributed by atoms with Crippen LogP contribution in [-0.4, -0.2) is 56.3 Å². The molecule has 26 heavy (non-hydrogen) atoms. The summed E-state index contributed by atoms with van der Waals surface area (Å²) in [4.78, 5) is 11.1. The Labute approximate surface area is 155 Å². The van der Waals surface area contributed by atoms with Gasteiger partial charge in [0.2, 0.25) is 0 Å². The predicted octanol–water partition coefficient (Wildman–Crippen LogP) is 2.78. The van der Waals surface area contributed by atoms with Gasteiger partial charge in [-0.1, -0.05) is 6.07 Å². The number of hydrogen-bond acceptors (Lipinski definition) is 7. The lowest BCUT2D eigenvalue weighted by Gasteiger charge is -2.13. The maximum absolute atomic E-state index is 5.35. The Balaban J connectivity index is 1.96. The van der Waals surface area contributed by atoms with Crippen molar-refractivity contribution in [3.8, 4) is 11.5 Å². The molecule has 1 aromatic heterocycles. The molecule has 7 heteroatoms. The summed E-state index contributed by atoms with van der Waals surface area (Å²) >= 11 is 0. The molecule has 0 atom stereocenters. The van der Waals surface area contributed by atoms with Crippen LogP contribution >= 0.6 is 0 Å². The van der Waals surface area contributed by atoms with Crippen molar-refractivity contribution in [3.05, 3.63) is 35.7 Å². The fourth-order valence-corrected chi connectivity index (χ4v) is 2.54. The molecule has 2 aromatic rings. The van der Waals surface area contributed by atoms with E-state index in [0.717, 1.165) is 48.3 Å². The highest BCUT2D eigenvalue weighted by molar-refractivity contribution is 5.49. The largest absolute Gasteiger partial charge is 0.493 e. The zero-order valence-corrected chi connectivity index (χ0v) is 16.3. The summed E-state index contributed by atoms with van der Waals surface area (Å²) in [5.74, 6) is 3.80. The van der Waals surface area contributed by atoms with Crippen LogP contribution < -0.4 is 20.1 Å². The predicted molar refractivity (Wildman–Crippen MR) is 105 cm³/mol. The Hall–Kier alpha value is -2.54. The van der Waals surface area contributed by atoms with Gasteiger partial charge in [0.25, 0.3) is 0 Å². The monoisotopic (exact) mass is 359 g/mol. The molecule has 2 N–H and O–H groups in total. The number of aromatic nitrogens is 2. The quantitative estimate of drug-likeness (QED) is 0.632. The second-order valence-corrected chi connectivity index (χ2v) is 6.31. The summed E-state index contributed by atoms with van der Waals surface area (Å²) in [6.45, 7) is 4.45. The van der Waals surface area contributed by atoms with Crippen molar-refractivity contribution in [3.63, 3.8) is 0 Å². The molecule has 0 aliphatic rings. The van der Waals surface area contributed by atoms with Crippen molar-refractivity contribution in [1.29, 1.82) is 0 Å². The van der Waals surface area contributed by atoms with Crippen LogP contribution in [0.3, 0.4) is 0 Å². The lowest BCUT2D eigenvalue weighted by Crippen LogP contribution is -2.17. The molecule has 0 saturated heterocycles. The first kappa shape index (κ1) is 19.8. The normalized spacial score (nSPS) is 10.7.